The minimum absolute atomic E-state index is 0.302. The van der Waals surface area contributed by atoms with Crippen molar-refractivity contribution in [3.8, 4) is 5.75 Å². The first kappa shape index (κ1) is 16.6. The van der Waals surface area contributed by atoms with Crippen LogP contribution in [0.5, 0.6) is 5.75 Å². The van der Waals surface area contributed by atoms with Gasteiger partial charge in [0.15, 0.2) is 0 Å². The van der Waals surface area contributed by atoms with Crippen molar-refractivity contribution in [1.29, 1.82) is 0 Å². The number of carbonyl (C=O) groups is 2. The minimum atomic E-state index is -0.515. The molecule has 2 rings (SSSR count). The molecule has 0 fully saturated rings. The first-order valence-corrected chi connectivity index (χ1v) is 7.10. The Morgan fingerprint density at radius 2 is 1.87 bits per heavy atom. The van der Waals surface area contributed by atoms with E-state index in [4.69, 9.17) is 22.1 Å². The summed E-state index contributed by atoms with van der Waals surface area (Å²) in [5.41, 5.74) is 6.87. The first-order valence-electron chi connectivity index (χ1n) is 6.72. The second-order valence-electron chi connectivity index (χ2n) is 4.66. The maximum absolute atomic E-state index is 11.9. The molecule has 0 unspecified atom stereocenters. The number of ether oxygens (including phenoxy) is 1. The Kier molecular flexibility index (Phi) is 5.38. The Balaban J connectivity index is 2.01. The lowest BCUT2D eigenvalue weighted by atomic mass is 10.2. The van der Waals surface area contributed by atoms with Crippen molar-refractivity contribution in [2.45, 2.75) is 0 Å². The monoisotopic (exact) mass is 330 g/mol. The molecule has 2 aromatic carbocycles. The van der Waals surface area contributed by atoms with Gasteiger partial charge in [0.1, 0.15) is 5.75 Å². The van der Waals surface area contributed by atoms with Crippen LogP contribution in [0.3, 0.4) is 0 Å². The summed E-state index contributed by atoms with van der Waals surface area (Å²) in [7, 11) is 1.54. The normalized spacial score (nSPS) is 10.5. The lowest BCUT2D eigenvalue weighted by molar-refractivity contribution is -0.111. The van der Waals surface area contributed by atoms with Gasteiger partial charge in [-0.2, -0.15) is 0 Å². The number of halogens is 1. The van der Waals surface area contributed by atoms with Gasteiger partial charge in [0.25, 0.3) is 0 Å². The molecule has 2 amide bonds. The van der Waals surface area contributed by atoms with Gasteiger partial charge in [-0.15, -0.1) is 0 Å². The van der Waals surface area contributed by atoms with E-state index >= 15 is 0 Å². The summed E-state index contributed by atoms with van der Waals surface area (Å²) in [4.78, 5) is 22.8. The van der Waals surface area contributed by atoms with Crippen LogP contribution in [-0.2, 0) is 4.79 Å². The molecule has 0 aromatic heterocycles. The quantitative estimate of drug-likeness (QED) is 0.826. The van der Waals surface area contributed by atoms with E-state index in [1.165, 1.54) is 13.2 Å². The summed E-state index contributed by atoms with van der Waals surface area (Å²) in [5.74, 6) is -0.245. The second-order valence-corrected chi connectivity index (χ2v) is 5.07. The van der Waals surface area contributed by atoms with Crippen LogP contribution in [0.25, 0.3) is 6.08 Å². The van der Waals surface area contributed by atoms with Gasteiger partial charge in [0.2, 0.25) is 11.8 Å². The molecule has 0 aliphatic carbocycles. The highest BCUT2D eigenvalue weighted by Gasteiger charge is 2.03. The SMILES string of the molecule is COc1ccc(/C=C/C(=O)Nc2ccc(C(N)=O)cc2)cc1Cl. The fourth-order valence-corrected chi connectivity index (χ4v) is 2.13. The molecule has 5 nitrogen and oxygen atoms in total. The number of nitrogens with one attached hydrogen (secondary N) is 1. The Morgan fingerprint density at radius 1 is 1.17 bits per heavy atom. The molecule has 3 N–H and O–H groups in total. The summed E-state index contributed by atoms with van der Waals surface area (Å²) < 4.78 is 5.06. The van der Waals surface area contributed by atoms with Crippen LogP contribution in [0.2, 0.25) is 5.02 Å². The van der Waals surface area contributed by atoms with E-state index < -0.39 is 5.91 Å². The molecule has 0 spiro atoms. The molecule has 23 heavy (non-hydrogen) atoms. The van der Waals surface area contributed by atoms with E-state index in [2.05, 4.69) is 5.32 Å². The van der Waals surface area contributed by atoms with Crippen molar-refractivity contribution < 1.29 is 14.3 Å². The number of hydrogen-bond donors (Lipinski definition) is 2. The second kappa shape index (κ2) is 7.47. The van der Waals surface area contributed by atoms with E-state index in [9.17, 15) is 9.59 Å². The van der Waals surface area contributed by atoms with Crippen LogP contribution in [-0.4, -0.2) is 18.9 Å². The maximum Gasteiger partial charge on any atom is 0.248 e. The van der Waals surface area contributed by atoms with Crippen LogP contribution in [0.4, 0.5) is 5.69 Å². The van der Waals surface area contributed by atoms with Crippen LogP contribution < -0.4 is 15.8 Å². The highest BCUT2D eigenvalue weighted by atomic mass is 35.5. The van der Waals surface area contributed by atoms with Gasteiger partial charge in [0.05, 0.1) is 12.1 Å². The average molecular weight is 331 g/mol. The minimum Gasteiger partial charge on any atom is -0.495 e. The lowest BCUT2D eigenvalue weighted by Gasteiger charge is -2.04. The zero-order valence-corrected chi connectivity index (χ0v) is 13.1. The highest BCUT2D eigenvalue weighted by molar-refractivity contribution is 6.32. The number of primary amides is 1. The van der Waals surface area contributed by atoms with Crippen LogP contribution in [0.1, 0.15) is 15.9 Å². The summed E-state index contributed by atoms with van der Waals surface area (Å²) in [5, 5.41) is 3.15. The summed E-state index contributed by atoms with van der Waals surface area (Å²) in [6.07, 6.45) is 3.03. The third-order valence-corrected chi connectivity index (χ3v) is 3.34. The first-order chi connectivity index (χ1) is 11.0. The van der Waals surface area contributed by atoms with Gasteiger partial charge in [-0.25, -0.2) is 0 Å². The number of rotatable bonds is 5. The topological polar surface area (TPSA) is 81.4 Å². The third kappa shape index (κ3) is 4.59. The smallest absolute Gasteiger partial charge is 0.248 e. The number of amides is 2. The fourth-order valence-electron chi connectivity index (χ4n) is 1.86. The van der Waals surface area contributed by atoms with Crippen LogP contribution in [0.15, 0.2) is 48.5 Å². The molecular weight excluding hydrogens is 316 g/mol. The van der Waals surface area contributed by atoms with Crippen molar-refractivity contribution in [2.24, 2.45) is 5.73 Å². The molecule has 0 heterocycles. The number of nitrogens with two attached hydrogens (primary N) is 1. The van der Waals surface area contributed by atoms with Crippen LogP contribution in [0, 0.1) is 0 Å². The van der Waals surface area contributed by atoms with E-state index in [1.807, 2.05) is 0 Å². The van der Waals surface area contributed by atoms with Gasteiger partial charge >= 0.3 is 0 Å². The summed E-state index contributed by atoms with van der Waals surface area (Å²) >= 11 is 6.02. The van der Waals surface area contributed by atoms with Gasteiger partial charge in [-0.05, 0) is 48.0 Å². The molecule has 0 atom stereocenters. The van der Waals surface area contributed by atoms with E-state index in [0.717, 1.165) is 5.56 Å². The number of hydrogen-bond acceptors (Lipinski definition) is 3. The van der Waals surface area contributed by atoms with Gasteiger partial charge in [-0.3, -0.25) is 9.59 Å². The van der Waals surface area contributed by atoms with E-state index in [0.29, 0.717) is 22.0 Å². The standard InChI is InChI=1S/C17H15ClN2O3/c1-23-15-8-2-11(10-14(15)18)3-9-16(21)20-13-6-4-12(5-7-13)17(19)22/h2-10H,1H3,(H2,19,22)(H,20,21)/b9-3+. The number of benzene rings is 2. The predicted molar refractivity (Wildman–Crippen MR) is 90.6 cm³/mol. The Labute approximate surface area is 138 Å². The van der Waals surface area contributed by atoms with Crippen molar-refractivity contribution in [3.63, 3.8) is 0 Å². The molecule has 0 saturated carbocycles. The molecule has 2 aromatic rings. The highest BCUT2D eigenvalue weighted by Crippen LogP contribution is 2.25. The number of carbonyl (C=O) groups excluding carboxylic acids is 2. The molecule has 0 saturated heterocycles. The number of methoxy groups -OCH3 is 1. The van der Waals surface area contributed by atoms with E-state index in [-0.39, 0.29) is 5.91 Å². The molecule has 0 bridgehead atoms. The molecule has 0 radical (unpaired) electrons. The zero-order valence-electron chi connectivity index (χ0n) is 12.4. The van der Waals surface area contributed by atoms with Crippen molar-refractivity contribution in [2.75, 3.05) is 12.4 Å². The Hall–Kier alpha value is -2.79. The predicted octanol–water partition coefficient (Wildman–Crippen LogP) is 3.10. The Bertz CT molecular complexity index is 755. The zero-order chi connectivity index (χ0) is 16.8. The van der Waals surface area contributed by atoms with Gasteiger partial charge in [0, 0.05) is 17.3 Å². The van der Waals surface area contributed by atoms with Crippen molar-refractivity contribution in [1.82, 2.24) is 0 Å². The molecule has 6 heteroatoms. The van der Waals surface area contributed by atoms with Crippen molar-refractivity contribution >= 4 is 35.2 Å². The summed E-state index contributed by atoms with van der Waals surface area (Å²) in [6, 6.07) is 11.5. The van der Waals surface area contributed by atoms with Crippen LogP contribution >= 0.6 is 11.6 Å². The maximum atomic E-state index is 11.9. The summed E-state index contributed by atoms with van der Waals surface area (Å²) in [6.45, 7) is 0. The Morgan fingerprint density at radius 3 is 2.43 bits per heavy atom. The lowest BCUT2D eigenvalue weighted by Crippen LogP contribution is -2.11. The molecule has 118 valence electrons. The van der Waals surface area contributed by atoms with E-state index in [1.54, 1.807) is 48.5 Å². The van der Waals surface area contributed by atoms with Gasteiger partial charge < -0.3 is 15.8 Å². The van der Waals surface area contributed by atoms with Gasteiger partial charge in [-0.1, -0.05) is 17.7 Å². The van der Waals surface area contributed by atoms with Crippen molar-refractivity contribution in [3.05, 3.63) is 64.7 Å². The molecular formula is C17H15ClN2O3. The molecule has 0 aliphatic heterocycles. The third-order valence-electron chi connectivity index (χ3n) is 3.04. The average Bonchev–Trinajstić information content (AvgIpc) is 2.53. The molecule has 0 aliphatic rings. The largest absolute Gasteiger partial charge is 0.495 e. The number of anilines is 1. The fraction of sp³-hybridized carbons (Fsp3) is 0.0588.